The highest BCUT2D eigenvalue weighted by Crippen LogP contribution is 2.26. The number of hydrogen-bond acceptors (Lipinski definition) is 5. The fourth-order valence-electron chi connectivity index (χ4n) is 1.80. The summed E-state index contributed by atoms with van der Waals surface area (Å²) in [5, 5.41) is 7.30. The van der Waals surface area contributed by atoms with Crippen molar-refractivity contribution in [2.24, 2.45) is 0 Å². The minimum Gasteiger partial charge on any atom is -0.261 e. The van der Waals surface area contributed by atoms with Gasteiger partial charge in [0, 0.05) is 11.1 Å². The number of fused-ring (bicyclic) bond motifs is 1. The predicted molar refractivity (Wildman–Crippen MR) is 78.4 cm³/mol. The monoisotopic (exact) mass is 308 g/mol. The van der Waals surface area contributed by atoms with Crippen LogP contribution in [0.5, 0.6) is 0 Å². The van der Waals surface area contributed by atoms with Crippen molar-refractivity contribution in [2.45, 2.75) is 17.6 Å². The van der Waals surface area contributed by atoms with E-state index in [4.69, 9.17) is 0 Å². The first-order chi connectivity index (χ1) is 9.60. The lowest BCUT2D eigenvalue weighted by molar-refractivity contribution is 0.603. The summed E-state index contributed by atoms with van der Waals surface area (Å²) in [5.74, 6) is 0.263. The van der Waals surface area contributed by atoms with Gasteiger partial charge >= 0.3 is 0 Å². The van der Waals surface area contributed by atoms with Crippen molar-refractivity contribution in [2.75, 3.05) is 4.72 Å². The number of pyridine rings is 1. The van der Waals surface area contributed by atoms with Crippen LogP contribution in [0.25, 0.3) is 11.0 Å². The summed E-state index contributed by atoms with van der Waals surface area (Å²) in [6.07, 6.45) is 2.43. The average Bonchev–Trinajstić information content (AvgIpc) is 3.06. The first-order valence-corrected chi connectivity index (χ1v) is 8.31. The molecule has 0 aromatic carbocycles. The molecular weight excluding hydrogens is 296 g/mol. The molecule has 0 saturated heterocycles. The van der Waals surface area contributed by atoms with Crippen LogP contribution in [0.2, 0.25) is 0 Å². The van der Waals surface area contributed by atoms with E-state index < -0.39 is 10.0 Å². The molecule has 0 fully saturated rings. The highest BCUT2D eigenvalue weighted by molar-refractivity contribution is 7.94. The standard InChI is InChI=1S/C12H12N4O2S2/c1-2-8-5-6-10(19-8)20(17,18)16-12-9-4-3-7-13-11(9)14-15-12/h3-7H,2H2,1H3,(H2,13,14,15,16). The summed E-state index contributed by atoms with van der Waals surface area (Å²) in [7, 11) is -3.61. The molecule has 0 aliphatic rings. The fraction of sp³-hybridized carbons (Fsp3) is 0.167. The molecule has 0 aliphatic heterocycles. The summed E-state index contributed by atoms with van der Waals surface area (Å²) in [5.41, 5.74) is 0.547. The minimum absolute atomic E-state index is 0.263. The van der Waals surface area contributed by atoms with E-state index in [0.717, 1.165) is 11.3 Å². The second-order valence-corrected chi connectivity index (χ2v) is 7.23. The van der Waals surface area contributed by atoms with Gasteiger partial charge in [-0.1, -0.05) is 6.92 Å². The van der Waals surface area contributed by atoms with Gasteiger partial charge in [0.1, 0.15) is 4.21 Å². The molecule has 0 unspecified atom stereocenters. The van der Waals surface area contributed by atoms with Gasteiger partial charge in [-0.25, -0.2) is 13.4 Å². The Bertz CT molecular complexity index is 851. The molecule has 8 heteroatoms. The molecule has 3 heterocycles. The lowest BCUT2D eigenvalue weighted by atomic mass is 10.3. The average molecular weight is 308 g/mol. The van der Waals surface area contributed by atoms with Crippen molar-refractivity contribution >= 4 is 38.2 Å². The number of hydrogen-bond donors (Lipinski definition) is 2. The first-order valence-electron chi connectivity index (χ1n) is 6.01. The number of anilines is 1. The van der Waals surface area contributed by atoms with Gasteiger partial charge < -0.3 is 0 Å². The van der Waals surface area contributed by atoms with E-state index in [0.29, 0.717) is 11.0 Å². The van der Waals surface area contributed by atoms with E-state index in [1.807, 2.05) is 13.0 Å². The van der Waals surface area contributed by atoms with Crippen LogP contribution >= 0.6 is 11.3 Å². The topological polar surface area (TPSA) is 87.7 Å². The molecule has 3 aromatic heterocycles. The van der Waals surface area contributed by atoms with Crippen LogP contribution in [0.1, 0.15) is 11.8 Å². The molecule has 6 nitrogen and oxygen atoms in total. The second-order valence-electron chi connectivity index (χ2n) is 4.15. The fourth-order valence-corrected chi connectivity index (χ4v) is 4.12. The van der Waals surface area contributed by atoms with Crippen molar-refractivity contribution in [1.29, 1.82) is 0 Å². The van der Waals surface area contributed by atoms with Gasteiger partial charge in [-0.3, -0.25) is 9.82 Å². The van der Waals surface area contributed by atoms with Gasteiger partial charge in [-0.2, -0.15) is 5.10 Å². The molecule has 2 N–H and O–H groups in total. The number of H-pyrrole nitrogens is 1. The lowest BCUT2D eigenvalue weighted by Crippen LogP contribution is -2.11. The molecule has 0 aliphatic carbocycles. The Labute approximate surface area is 119 Å². The summed E-state index contributed by atoms with van der Waals surface area (Å²) >= 11 is 1.26. The third-order valence-corrected chi connectivity index (χ3v) is 5.88. The Kier molecular flexibility index (Phi) is 3.19. The predicted octanol–water partition coefficient (Wildman–Crippen LogP) is 2.38. The van der Waals surface area contributed by atoms with Crippen LogP contribution in [0, 0.1) is 0 Å². The number of aromatic nitrogens is 3. The van der Waals surface area contributed by atoms with Crippen LogP contribution in [-0.2, 0) is 16.4 Å². The Morgan fingerprint density at radius 1 is 1.35 bits per heavy atom. The van der Waals surface area contributed by atoms with Gasteiger partial charge in [-0.15, -0.1) is 11.3 Å². The Hall–Kier alpha value is -1.93. The third kappa shape index (κ3) is 2.27. The maximum Gasteiger partial charge on any atom is 0.272 e. The molecule has 0 bridgehead atoms. The van der Waals surface area contributed by atoms with Crippen LogP contribution < -0.4 is 4.72 Å². The van der Waals surface area contributed by atoms with Crippen LogP contribution in [0.15, 0.2) is 34.7 Å². The molecule has 3 rings (SSSR count). The summed E-state index contributed by atoms with van der Waals surface area (Å²) < 4.78 is 27.4. The molecule has 104 valence electrons. The SMILES string of the molecule is CCc1ccc(S(=O)(=O)Nc2n[nH]c3ncccc23)s1. The van der Waals surface area contributed by atoms with E-state index in [1.165, 1.54) is 11.3 Å². The zero-order valence-electron chi connectivity index (χ0n) is 10.6. The van der Waals surface area contributed by atoms with E-state index in [-0.39, 0.29) is 10.0 Å². The molecule has 0 spiro atoms. The van der Waals surface area contributed by atoms with E-state index in [1.54, 1.807) is 24.4 Å². The van der Waals surface area contributed by atoms with Gasteiger partial charge in [0.25, 0.3) is 10.0 Å². The smallest absolute Gasteiger partial charge is 0.261 e. The summed E-state index contributed by atoms with van der Waals surface area (Å²) in [6, 6.07) is 6.92. The number of aromatic amines is 1. The summed E-state index contributed by atoms with van der Waals surface area (Å²) in [4.78, 5) is 5.10. The highest BCUT2D eigenvalue weighted by Gasteiger charge is 2.19. The zero-order chi connectivity index (χ0) is 14.2. The van der Waals surface area contributed by atoms with Crippen LogP contribution in [0.3, 0.4) is 0 Å². The molecule has 20 heavy (non-hydrogen) atoms. The molecule has 3 aromatic rings. The molecule has 0 amide bonds. The van der Waals surface area contributed by atoms with Crippen molar-refractivity contribution in [3.8, 4) is 0 Å². The number of aryl methyl sites for hydroxylation is 1. The van der Waals surface area contributed by atoms with E-state index in [9.17, 15) is 8.42 Å². The van der Waals surface area contributed by atoms with Gasteiger partial charge in [0.2, 0.25) is 0 Å². The second kappa shape index (κ2) is 4.88. The number of rotatable bonds is 4. The van der Waals surface area contributed by atoms with Gasteiger partial charge in [0.05, 0.1) is 5.39 Å². The van der Waals surface area contributed by atoms with Crippen molar-refractivity contribution < 1.29 is 8.42 Å². The number of nitrogens with one attached hydrogen (secondary N) is 2. The maximum absolute atomic E-state index is 12.3. The van der Waals surface area contributed by atoms with Gasteiger partial charge in [-0.05, 0) is 30.7 Å². The number of thiophene rings is 1. The van der Waals surface area contributed by atoms with Crippen molar-refractivity contribution in [1.82, 2.24) is 15.2 Å². The number of sulfonamides is 1. The van der Waals surface area contributed by atoms with Crippen LogP contribution in [-0.4, -0.2) is 23.6 Å². The Morgan fingerprint density at radius 2 is 2.20 bits per heavy atom. The van der Waals surface area contributed by atoms with Crippen molar-refractivity contribution in [3.63, 3.8) is 0 Å². The maximum atomic E-state index is 12.3. The van der Waals surface area contributed by atoms with E-state index in [2.05, 4.69) is 19.9 Å². The zero-order valence-corrected chi connectivity index (χ0v) is 12.3. The Balaban J connectivity index is 1.97. The minimum atomic E-state index is -3.61. The molecule has 0 saturated carbocycles. The Morgan fingerprint density at radius 3 is 2.95 bits per heavy atom. The van der Waals surface area contributed by atoms with Crippen LogP contribution in [0.4, 0.5) is 5.82 Å². The quantitative estimate of drug-likeness (QED) is 0.774. The lowest BCUT2D eigenvalue weighted by Gasteiger charge is -2.02. The summed E-state index contributed by atoms with van der Waals surface area (Å²) in [6.45, 7) is 1.99. The largest absolute Gasteiger partial charge is 0.272 e. The van der Waals surface area contributed by atoms with E-state index >= 15 is 0 Å². The normalized spacial score (nSPS) is 11.8. The molecule has 0 radical (unpaired) electrons. The number of nitrogens with zero attached hydrogens (tertiary/aromatic N) is 2. The first kappa shape index (κ1) is 13.1. The highest BCUT2D eigenvalue weighted by atomic mass is 32.2. The molecular formula is C12H12N4O2S2. The van der Waals surface area contributed by atoms with Crippen molar-refractivity contribution in [3.05, 3.63) is 35.3 Å². The molecule has 0 atom stereocenters. The third-order valence-electron chi connectivity index (χ3n) is 2.82. The van der Waals surface area contributed by atoms with Gasteiger partial charge in [0.15, 0.2) is 11.5 Å².